The number of carbonyl (C=O) groups excluding carboxylic acids is 2. The molecule has 0 unspecified atom stereocenters. The quantitative estimate of drug-likeness (QED) is 0.612. The van der Waals surface area contributed by atoms with E-state index in [1.807, 2.05) is 42.5 Å². The van der Waals surface area contributed by atoms with E-state index < -0.39 is 0 Å². The SMILES string of the molecule is COc1ccc(CCNC(=O)c2ccccc2N2CCC(NC(=O)C3CC3)CC2)cc1OC. The number of piperidine rings is 1. The number of hydrogen-bond donors (Lipinski definition) is 2. The second kappa shape index (κ2) is 10.6. The molecule has 2 aromatic rings. The Hall–Kier alpha value is -3.22. The molecule has 2 aromatic carbocycles. The number of carbonyl (C=O) groups is 2. The first kappa shape index (κ1) is 23.0. The predicted molar refractivity (Wildman–Crippen MR) is 128 cm³/mol. The highest BCUT2D eigenvalue weighted by Gasteiger charge is 2.32. The van der Waals surface area contributed by atoms with E-state index in [0.717, 1.165) is 50.0 Å². The third-order valence-corrected chi connectivity index (χ3v) is 6.43. The molecule has 0 atom stereocenters. The van der Waals surface area contributed by atoms with E-state index in [1.54, 1.807) is 14.2 Å². The summed E-state index contributed by atoms with van der Waals surface area (Å²) >= 11 is 0. The maximum absolute atomic E-state index is 13.0. The molecule has 1 saturated carbocycles. The molecule has 1 heterocycles. The molecule has 176 valence electrons. The van der Waals surface area contributed by atoms with Crippen molar-refractivity contribution in [1.82, 2.24) is 10.6 Å². The topological polar surface area (TPSA) is 79.9 Å². The van der Waals surface area contributed by atoms with Crippen molar-refractivity contribution in [2.45, 2.75) is 38.1 Å². The first-order valence-electron chi connectivity index (χ1n) is 11.7. The lowest BCUT2D eigenvalue weighted by molar-refractivity contribution is -0.123. The molecule has 0 spiro atoms. The van der Waals surface area contributed by atoms with Crippen molar-refractivity contribution in [3.63, 3.8) is 0 Å². The Morgan fingerprint density at radius 3 is 2.39 bits per heavy atom. The van der Waals surface area contributed by atoms with Gasteiger partial charge in [-0.25, -0.2) is 0 Å². The van der Waals surface area contributed by atoms with Crippen LogP contribution in [0.3, 0.4) is 0 Å². The van der Waals surface area contributed by atoms with Crippen molar-refractivity contribution in [2.75, 3.05) is 38.8 Å². The van der Waals surface area contributed by atoms with Crippen LogP contribution in [0.2, 0.25) is 0 Å². The maximum Gasteiger partial charge on any atom is 0.253 e. The first-order chi connectivity index (χ1) is 16.1. The lowest BCUT2D eigenvalue weighted by atomic mass is 10.0. The zero-order valence-electron chi connectivity index (χ0n) is 19.4. The van der Waals surface area contributed by atoms with E-state index >= 15 is 0 Å². The van der Waals surface area contributed by atoms with Gasteiger partial charge in [0.05, 0.1) is 19.8 Å². The number of methoxy groups -OCH3 is 2. The summed E-state index contributed by atoms with van der Waals surface area (Å²) in [4.78, 5) is 27.3. The van der Waals surface area contributed by atoms with Gasteiger partial charge in [-0.1, -0.05) is 18.2 Å². The fourth-order valence-electron chi connectivity index (χ4n) is 4.32. The van der Waals surface area contributed by atoms with E-state index in [9.17, 15) is 9.59 Å². The van der Waals surface area contributed by atoms with Crippen LogP contribution in [-0.2, 0) is 11.2 Å². The Kier molecular flexibility index (Phi) is 7.37. The number of benzene rings is 2. The molecule has 0 bridgehead atoms. The zero-order chi connectivity index (χ0) is 23.2. The number of amides is 2. The molecule has 33 heavy (non-hydrogen) atoms. The first-order valence-corrected chi connectivity index (χ1v) is 11.7. The monoisotopic (exact) mass is 451 g/mol. The second-order valence-corrected chi connectivity index (χ2v) is 8.76. The molecule has 2 amide bonds. The van der Waals surface area contributed by atoms with Crippen LogP contribution in [0.5, 0.6) is 11.5 Å². The van der Waals surface area contributed by atoms with Crippen molar-refractivity contribution >= 4 is 17.5 Å². The van der Waals surface area contributed by atoms with E-state index in [4.69, 9.17) is 9.47 Å². The van der Waals surface area contributed by atoms with Crippen molar-refractivity contribution in [3.8, 4) is 11.5 Å². The smallest absolute Gasteiger partial charge is 0.253 e. The highest BCUT2D eigenvalue weighted by Crippen LogP contribution is 2.30. The summed E-state index contributed by atoms with van der Waals surface area (Å²) in [6.07, 6.45) is 4.54. The molecule has 2 fully saturated rings. The minimum absolute atomic E-state index is 0.0739. The van der Waals surface area contributed by atoms with Crippen LogP contribution in [0.1, 0.15) is 41.6 Å². The molecule has 1 saturated heterocycles. The third-order valence-electron chi connectivity index (χ3n) is 6.43. The number of para-hydroxylation sites is 1. The number of hydrogen-bond acceptors (Lipinski definition) is 5. The predicted octanol–water partition coefficient (Wildman–Crippen LogP) is 3.17. The molecule has 1 aliphatic carbocycles. The minimum atomic E-state index is -0.0739. The largest absolute Gasteiger partial charge is 0.493 e. The summed E-state index contributed by atoms with van der Waals surface area (Å²) in [5.74, 6) is 1.75. The van der Waals surface area contributed by atoms with E-state index in [2.05, 4.69) is 15.5 Å². The van der Waals surface area contributed by atoms with Crippen LogP contribution in [0.15, 0.2) is 42.5 Å². The van der Waals surface area contributed by atoms with Gasteiger partial charge in [-0.2, -0.15) is 0 Å². The van der Waals surface area contributed by atoms with Gasteiger partial charge in [-0.15, -0.1) is 0 Å². The van der Waals surface area contributed by atoms with Crippen molar-refractivity contribution in [2.24, 2.45) is 5.92 Å². The molecule has 7 heteroatoms. The van der Waals surface area contributed by atoms with Gasteiger partial charge in [-0.3, -0.25) is 9.59 Å². The second-order valence-electron chi connectivity index (χ2n) is 8.76. The van der Waals surface area contributed by atoms with E-state index in [-0.39, 0.29) is 23.8 Å². The van der Waals surface area contributed by atoms with Crippen LogP contribution in [-0.4, -0.2) is 51.7 Å². The van der Waals surface area contributed by atoms with Gasteiger partial charge in [0.15, 0.2) is 11.5 Å². The Morgan fingerprint density at radius 2 is 1.70 bits per heavy atom. The number of nitrogens with zero attached hydrogens (tertiary/aromatic N) is 1. The lowest BCUT2D eigenvalue weighted by Crippen LogP contribution is -2.45. The molecular weight excluding hydrogens is 418 g/mol. The average Bonchev–Trinajstić information content (AvgIpc) is 3.70. The van der Waals surface area contributed by atoms with Crippen LogP contribution in [0.25, 0.3) is 0 Å². The normalized spacial score (nSPS) is 16.2. The lowest BCUT2D eigenvalue weighted by Gasteiger charge is -2.35. The molecule has 7 nitrogen and oxygen atoms in total. The summed E-state index contributed by atoms with van der Waals surface area (Å²) in [6, 6.07) is 13.8. The van der Waals surface area contributed by atoms with Gasteiger partial charge >= 0.3 is 0 Å². The third kappa shape index (κ3) is 5.78. The highest BCUT2D eigenvalue weighted by molar-refractivity contribution is 5.99. The van der Waals surface area contributed by atoms with E-state index in [0.29, 0.717) is 30.0 Å². The molecule has 0 radical (unpaired) electrons. The number of anilines is 1. The molecule has 0 aromatic heterocycles. The summed E-state index contributed by atoms with van der Waals surface area (Å²) < 4.78 is 10.6. The summed E-state index contributed by atoms with van der Waals surface area (Å²) in [6.45, 7) is 2.18. The summed E-state index contributed by atoms with van der Waals surface area (Å²) in [5.41, 5.74) is 2.70. The number of rotatable bonds is 9. The zero-order valence-corrected chi connectivity index (χ0v) is 19.4. The molecule has 1 aliphatic heterocycles. The highest BCUT2D eigenvalue weighted by atomic mass is 16.5. The van der Waals surface area contributed by atoms with Gasteiger partial charge in [0, 0.05) is 37.3 Å². The van der Waals surface area contributed by atoms with Crippen LogP contribution >= 0.6 is 0 Å². The summed E-state index contributed by atoms with van der Waals surface area (Å²) in [5, 5.41) is 6.24. The van der Waals surface area contributed by atoms with Crippen molar-refractivity contribution in [1.29, 1.82) is 0 Å². The Labute approximate surface area is 195 Å². The maximum atomic E-state index is 13.0. The van der Waals surface area contributed by atoms with Gasteiger partial charge in [0.2, 0.25) is 5.91 Å². The van der Waals surface area contributed by atoms with E-state index in [1.165, 1.54) is 0 Å². The Balaban J connectivity index is 1.31. The Morgan fingerprint density at radius 1 is 0.970 bits per heavy atom. The number of ether oxygens (including phenoxy) is 2. The molecular formula is C26H33N3O4. The van der Waals surface area contributed by atoms with Gasteiger partial charge < -0.3 is 25.0 Å². The van der Waals surface area contributed by atoms with Crippen LogP contribution in [0.4, 0.5) is 5.69 Å². The van der Waals surface area contributed by atoms with Gasteiger partial charge in [0.25, 0.3) is 5.91 Å². The van der Waals surface area contributed by atoms with Gasteiger partial charge in [0.1, 0.15) is 0 Å². The standard InChI is InChI=1S/C26H33N3O4/c1-32-23-10-7-18(17-24(23)33-2)11-14-27-26(31)21-5-3-4-6-22(21)29-15-12-20(13-16-29)28-25(30)19-8-9-19/h3-7,10,17,19-20H,8-9,11-16H2,1-2H3,(H,27,31)(H,28,30). The Bertz CT molecular complexity index is 981. The van der Waals surface area contributed by atoms with Crippen molar-refractivity contribution in [3.05, 3.63) is 53.6 Å². The molecule has 2 aliphatic rings. The van der Waals surface area contributed by atoms with Crippen LogP contribution in [0, 0.1) is 5.92 Å². The van der Waals surface area contributed by atoms with Gasteiger partial charge in [-0.05, 0) is 61.9 Å². The molecule has 2 N–H and O–H groups in total. The number of nitrogens with one attached hydrogen (secondary N) is 2. The average molecular weight is 452 g/mol. The minimum Gasteiger partial charge on any atom is -0.493 e. The fourth-order valence-corrected chi connectivity index (χ4v) is 4.32. The molecule has 4 rings (SSSR count). The summed E-state index contributed by atoms with van der Waals surface area (Å²) in [7, 11) is 3.23. The fraction of sp³-hybridized carbons (Fsp3) is 0.462. The van der Waals surface area contributed by atoms with Crippen molar-refractivity contribution < 1.29 is 19.1 Å². The van der Waals surface area contributed by atoms with Crippen LogP contribution < -0.4 is 25.0 Å².